The van der Waals surface area contributed by atoms with Crippen molar-refractivity contribution in [1.29, 1.82) is 0 Å². The molecular weight excluding hydrogens is 246 g/mol. The average Bonchev–Trinajstić information content (AvgIpc) is 2.02. The first kappa shape index (κ1) is 11.9. The normalized spacial score (nSPS) is 13.8. The van der Waals surface area contributed by atoms with Gasteiger partial charge < -0.3 is 10.4 Å². The Morgan fingerprint density at radius 1 is 1.50 bits per heavy atom. The maximum Gasteiger partial charge on any atom is 0.234 e. The lowest BCUT2D eigenvalue weighted by Crippen LogP contribution is -2.33. The Kier molecular flexibility index (Phi) is 3.84. The van der Waals surface area contributed by atoms with E-state index in [0.717, 1.165) is 5.56 Å². The molecule has 78 valence electrons. The lowest BCUT2D eigenvalue weighted by atomic mass is 10.3. The van der Waals surface area contributed by atoms with Crippen LogP contribution < -0.4 is 5.32 Å². The molecule has 14 heavy (non-hydrogen) atoms. The number of aromatic nitrogens is 1. The van der Waals surface area contributed by atoms with E-state index >= 15 is 0 Å². The van der Waals surface area contributed by atoms with Crippen LogP contribution in [0.15, 0.2) is 18.3 Å². The number of nitrogens with one attached hydrogen (secondary N) is 1. The van der Waals surface area contributed by atoms with Crippen LogP contribution >= 0.6 is 34.8 Å². The molecule has 1 heterocycles. The van der Waals surface area contributed by atoms with Gasteiger partial charge in [0.1, 0.15) is 5.82 Å². The van der Waals surface area contributed by atoms with Crippen molar-refractivity contribution < 1.29 is 5.11 Å². The summed E-state index contributed by atoms with van der Waals surface area (Å²) in [6.07, 6.45) is 0.310. The van der Waals surface area contributed by atoms with Crippen molar-refractivity contribution in [2.75, 3.05) is 5.32 Å². The van der Waals surface area contributed by atoms with Gasteiger partial charge in [-0.05, 0) is 24.6 Å². The van der Waals surface area contributed by atoms with E-state index in [2.05, 4.69) is 10.3 Å². The van der Waals surface area contributed by atoms with Gasteiger partial charge in [0.15, 0.2) is 6.23 Å². The van der Waals surface area contributed by atoms with Crippen molar-refractivity contribution in [3.05, 3.63) is 23.9 Å². The minimum atomic E-state index is -1.77. The van der Waals surface area contributed by atoms with E-state index in [1.807, 2.05) is 13.0 Å². The standard InChI is InChI=1S/C8H9Cl3N2O/c1-5-2-3-12-6(4-5)13-7(14)8(9,10)11/h2-4,7,14H,1H3,(H,12,13). The van der Waals surface area contributed by atoms with Gasteiger partial charge in [0.25, 0.3) is 0 Å². The molecule has 1 unspecified atom stereocenters. The van der Waals surface area contributed by atoms with Gasteiger partial charge in [0, 0.05) is 6.20 Å². The van der Waals surface area contributed by atoms with Gasteiger partial charge in [-0.2, -0.15) is 0 Å². The van der Waals surface area contributed by atoms with Crippen LogP contribution in [0.25, 0.3) is 0 Å². The summed E-state index contributed by atoms with van der Waals surface area (Å²) in [6, 6.07) is 3.56. The van der Waals surface area contributed by atoms with Gasteiger partial charge in [0.05, 0.1) is 0 Å². The zero-order chi connectivity index (χ0) is 10.8. The largest absolute Gasteiger partial charge is 0.369 e. The van der Waals surface area contributed by atoms with Crippen LogP contribution in [0.2, 0.25) is 0 Å². The van der Waals surface area contributed by atoms with Crippen LogP contribution in [-0.2, 0) is 0 Å². The van der Waals surface area contributed by atoms with Crippen molar-refractivity contribution >= 4 is 40.6 Å². The van der Waals surface area contributed by atoms with Gasteiger partial charge >= 0.3 is 0 Å². The van der Waals surface area contributed by atoms with Gasteiger partial charge in [-0.15, -0.1) is 0 Å². The van der Waals surface area contributed by atoms with Gasteiger partial charge in [0.2, 0.25) is 3.79 Å². The minimum absolute atomic E-state index is 0.462. The van der Waals surface area contributed by atoms with Crippen molar-refractivity contribution in [1.82, 2.24) is 4.98 Å². The Morgan fingerprint density at radius 2 is 2.14 bits per heavy atom. The summed E-state index contributed by atoms with van der Waals surface area (Å²) in [4.78, 5) is 3.95. The lowest BCUT2D eigenvalue weighted by Gasteiger charge is -2.20. The predicted molar refractivity (Wildman–Crippen MR) is 58.9 cm³/mol. The molecule has 3 nitrogen and oxygen atoms in total. The van der Waals surface area contributed by atoms with Crippen molar-refractivity contribution in [3.63, 3.8) is 0 Å². The van der Waals surface area contributed by atoms with E-state index < -0.39 is 10.0 Å². The number of anilines is 1. The van der Waals surface area contributed by atoms with E-state index in [1.165, 1.54) is 0 Å². The highest BCUT2D eigenvalue weighted by Crippen LogP contribution is 2.30. The fraction of sp³-hybridized carbons (Fsp3) is 0.375. The van der Waals surface area contributed by atoms with Gasteiger partial charge in [-0.3, -0.25) is 0 Å². The second-order valence-corrected chi connectivity index (χ2v) is 5.18. The van der Waals surface area contributed by atoms with Crippen molar-refractivity contribution in [2.45, 2.75) is 16.9 Å². The monoisotopic (exact) mass is 254 g/mol. The lowest BCUT2D eigenvalue weighted by molar-refractivity contribution is 0.207. The average molecular weight is 256 g/mol. The summed E-state index contributed by atoms with van der Waals surface area (Å²) in [5, 5.41) is 12.0. The molecule has 0 bridgehead atoms. The Bertz CT molecular complexity index is 314. The minimum Gasteiger partial charge on any atom is -0.369 e. The van der Waals surface area contributed by atoms with E-state index in [4.69, 9.17) is 34.8 Å². The molecular formula is C8H9Cl3N2O. The molecule has 0 aliphatic heterocycles. The number of hydrogen-bond acceptors (Lipinski definition) is 3. The molecule has 0 radical (unpaired) electrons. The maximum absolute atomic E-state index is 9.38. The first-order valence-corrected chi connectivity index (χ1v) is 4.97. The molecule has 0 aromatic carbocycles. The second kappa shape index (κ2) is 4.53. The third-order valence-electron chi connectivity index (χ3n) is 1.51. The summed E-state index contributed by atoms with van der Waals surface area (Å²) in [6.45, 7) is 1.90. The van der Waals surface area contributed by atoms with Crippen LogP contribution in [0, 0.1) is 6.92 Å². The van der Waals surface area contributed by atoms with Crippen molar-refractivity contribution in [2.24, 2.45) is 0 Å². The van der Waals surface area contributed by atoms with E-state index in [1.54, 1.807) is 12.3 Å². The number of alkyl halides is 3. The highest BCUT2D eigenvalue weighted by Gasteiger charge is 2.30. The Labute approximate surface area is 97.0 Å². The van der Waals surface area contributed by atoms with Gasteiger partial charge in [-0.25, -0.2) is 4.98 Å². The number of rotatable bonds is 2. The van der Waals surface area contributed by atoms with Crippen LogP contribution in [0.1, 0.15) is 5.56 Å². The van der Waals surface area contributed by atoms with Crippen LogP contribution in [-0.4, -0.2) is 20.1 Å². The fourth-order valence-corrected chi connectivity index (χ4v) is 1.00. The number of halogens is 3. The number of nitrogens with zero attached hydrogens (tertiary/aromatic N) is 1. The van der Waals surface area contributed by atoms with E-state index in [-0.39, 0.29) is 0 Å². The number of pyridine rings is 1. The zero-order valence-electron chi connectivity index (χ0n) is 7.34. The Hall–Kier alpha value is -0.220. The maximum atomic E-state index is 9.38. The second-order valence-electron chi connectivity index (χ2n) is 2.81. The smallest absolute Gasteiger partial charge is 0.234 e. The quantitative estimate of drug-likeness (QED) is 0.630. The summed E-state index contributed by atoms with van der Waals surface area (Å²) >= 11 is 16.4. The van der Waals surface area contributed by atoms with Crippen LogP contribution in [0.4, 0.5) is 5.82 Å². The predicted octanol–water partition coefficient (Wildman–Crippen LogP) is 2.49. The fourth-order valence-electron chi connectivity index (χ4n) is 0.837. The summed E-state index contributed by atoms with van der Waals surface area (Å²) in [7, 11) is 0. The molecule has 0 aliphatic rings. The highest BCUT2D eigenvalue weighted by molar-refractivity contribution is 6.68. The number of aliphatic hydroxyl groups excluding tert-OH is 1. The number of hydrogen-bond donors (Lipinski definition) is 2. The third kappa shape index (κ3) is 3.50. The molecule has 1 atom stereocenters. The Morgan fingerprint density at radius 3 is 2.64 bits per heavy atom. The topological polar surface area (TPSA) is 45.2 Å². The van der Waals surface area contributed by atoms with E-state index in [0.29, 0.717) is 5.82 Å². The SMILES string of the molecule is Cc1ccnc(NC(O)C(Cl)(Cl)Cl)c1. The highest BCUT2D eigenvalue weighted by atomic mass is 35.6. The number of aliphatic hydroxyl groups is 1. The van der Waals surface area contributed by atoms with Crippen LogP contribution in [0.5, 0.6) is 0 Å². The molecule has 1 aromatic rings. The third-order valence-corrected chi connectivity index (χ3v) is 2.13. The van der Waals surface area contributed by atoms with Gasteiger partial charge in [-0.1, -0.05) is 34.8 Å². The molecule has 0 fully saturated rings. The summed E-state index contributed by atoms with van der Waals surface area (Å²) in [5.74, 6) is 0.462. The molecule has 1 rings (SSSR count). The summed E-state index contributed by atoms with van der Waals surface area (Å²) in [5.41, 5.74) is 0.999. The molecule has 0 aliphatic carbocycles. The van der Waals surface area contributed by atoms with Crippen LogP contribution in [0.3, 0.4) is 0 Å². The first-order valence-electron chi connectivity index (χ1n) is 3.83. The molecule has 1 aromatic heterocycles. The summed E-state index contributed by atoms with van der Waals surface area (Å²) < 4.78 is -1.77. The molecule has 2 N–H and O–H groups in total. The first-order chi connectivity index (χ1) is 6.39. The van der Waals surface area contributed by atoms with Crippen molar-refractivity contribution in [3.8, 4) is 0 Å². The molecule has 0 saturated carbocycles. The molecule has 0 saturated heterocycles. The molecule has 6 heteroatoms. The molecule has 0 amide bonds. The van der Waals surface area contributed by atoms with E-state index in [9.17, 15) is 5.11 Å². The number of aryl methyl sites for hydroxylation is 1. The molecule has 0 spiro atoms. The zero-order valence-corrected chi connectivity index (χ0v) is 9.61. The Balaban J connectivity index is 2.70.